The Morgan fingerprint density at radius 3 is 2.67 bits per heavy atom. The molecule has 0 saturated heterocycles. The van der Waals surface area contributed by atoms with Gasteiger partial charge in [-0.15, -0.1) is 0 Å². The van der Waals surface area contributed by atoms with E-state index >= 15 is 0 Å². The van der Waals surface area contributed by atoms with Crippen molar-refractivity contribution in [1.29, 1.82) is 0 Å². The number of hydrogen-bond acceptors (Lipinski definition) is 3. The number of para-hydroxylation sites is 1. The van der Waals surface area contributed by atoms with Crippen LogP contribution in [0.3, 0.4) is 0 Å². The highest BCUT2D eigenvalue weighted by Gasteiger charge is 2.21. The van der Waals surface area contributed by atoms with Crippen LogP contribution in [-0.2, 0) is 9.53 Å². The van der Waals surface area contributed by atoms with Crippen LogP contribution in [0.4, 0.5) is 5.69 Å². The third-order valence-corrected chi connectivity index (χ3v) is 2.60. The number of carbonyl (C=O) groups is 1. The number of methoxy groups -OCH3 is 1. The topological polar surface area (TPSA) is 52.3 Å². The van der Waals surface area contributed by atoms with Crippen molar-refractivity contribution >= 4 is 11.7 Å². The highest BCUT2D eigenvalue weighted by Crippen LogP contribution is 2.24. The van der Waals surface area contributed by atoms with Gasteiger partial charge in [-0.25, -0.2) is 0 Å². The second kappa shape index (κ2) is 6.11. The number of nitrogens with two attached hydrogens (primary N) is 1. The van der Waals surface area contributed by atoms with Crippen LogP contribution in [-0.4, -0.2) is 13.1 Å². The number of carbonyl (C=O) groups excluding carboxylic acids is 1. The van der Waals surface area contributed by atoms with Gasteiger partial charge in [-0.2, -0.15) is 0 Å². The van der Waals surface area contributed by atoms with Crippen LogP contribution in [0.5, 0.6) is 0 Å². The Kier molecular flexibility index (Phi) is 4.79. The zero-order chi connectivity index (χ0) is 13.6. The van der Waals surface area contributed by atoms with Crippen LogP contribution in [0.2, 0.25) is 0 Å². The van der Waals surface area contributed by atoms with Crippen molar-refractivity contribution in [3.8, 4) is 11.8 Å². The minimum Gasteiger partial charge on any atom is -0.469 e. The first-order valence-corrected chi connectivity index (χ1v) is 5.85. The van der Waals surface area contributed by atoms with Gasteiger partial charge in [0, 0.05) is 17.7 Å². The fourth-order valence-corrected chi connectivity index (χ4v) is 1.51. The lowest BCUT2D eigenvalue weighted by Crippen LogP contribution is -2.17. The van der Waals surface area contributed by atoms with E-state index in [1.165, 1.54) is 7.11 Å². The highest BCUT2D eigenvalue weighted by atomic mass is 16.5. The smallest absolute Gasteiger partial charge is 0.306 e. The Morgan fingerprint density at radius 1 is 1.39 bits per heavy atom. The quantitative estimate of drug-likeness (QED) is 0.506. The summed E-state index contributed by atoms with van der Waals surface area (Å²) in [5.41, 5.74) is 7.11. The molecule has 1 rings (SSSR count). The predicted molar refractivity (Wildman–Crippen MR) is 72.8 cm³/mol. The van der Waals surface area contributed by atoms with E-state index in [9.17, 15) is 4.79 Å². The van der Waals surface area contributed by atoms with Gasteiger partial charge >= 0.3 is 5.97 Å². The first kappa shape index (κ1) is 14.1. The van der Waals surface area contributed by atoms with Crippen molar-refractivity contribution in [2.45, 2.75) is 26.7 Å². The van der Waals surface area contributed by atoms with E-state index in [0.29, 0.717) is 18.5 Å². The molecule has 0 aromatic heterocycles. The average molecular weight is 245 g/mol. The monoisotopic (exact) mass is 245 g/mol. The van der Waals surface area contributed by atoms with Gasteiger partial charge in [-0.1, -0.05) is 37.8 Å². The Labute approximate surface area is 108 Å². The van der Waals surface area contributed by atoms with Gasteiger partial charge in [-0.3, -0.25) is 4.79 Å². The molecule has 1 aromatic carbocycles. The third-order valence-electron chi connectivity index (χ3n) is 2.60. The van der Waals surface area contributed by atoms with Crippen LogP contribution in [0.1, 0.15) is 32.3 Å². The number of anilines is 1. The molecule has 0 unspecified atom stereocenters. The molecule has 2 N–H and O–H groups in total. The molecule has 0 atom stereocenters. The predicted octanol–water partition coefficient (Wildman–Crippen LogP) is 2.60. The van der Waals surface area contributed by atoms with Crippen LogP contribution in [0.15, 0.2) is 24.3 Å². The van der Waals surface area contributed by atoms with E-state index < -0.39 is 0 Å². The second-order valence-electron chi connectivity index (χ2n) is 4.98. The van der Waals surface area contributed by atoms with E-state index in [1.807, 2.05) is 38.1 Å². The maximum Gasteiger partial charge on any atom is 0.306 e. The Balaban J connectivity index is 2.66. The fraction of sp³-hybridized carbons (Fsp3) is 0.400. The van der Waals surface area contributed by atoms with Gasteiger partial charge in [0.1, 0.15) is 0 Å². The number of hydrogen-bond donors (Lipinski definition) is 1. The molecule has 0 aliphatic carbocycles. The molecule has 3 heteroatoms. The van der Waals surface area contributed by atoms with Gasteiger partial charge in [0.05, 0.1) is 13.5 Å². The first-order chi connectivity index (χ1) is 8.44. The number of rotatable bonds is 3. The molecule has 0 heterocycles. The Hall–Kier alpha value is -1.95. The lowest BCUT2D eigenvalue weighted by molar-refractivity contribution is -0.142. The van der Waals surface area contributed by atoms with Gasteiger partial charge < -0.3 is 10.5 Å². The number of benzene rings is 1. The molecule has 0 aliphatic heterocycles. The summed E-state index contributed by atoms with van der Waals surface area (Å²) in [6, 6.07) is 7.49. The molecular weight excluding hydrogens is 226 g/mol. The van der Waals surface area contributed by atoms with Gasteiger partial charge in [0.15, 0.2) is 0 Å². The van der Waals surface area contributed by atoms with Crippen LogP contribution >= 0.6 is 0 Å². The Morgan fingerprint density at radius 2 is 2.06 bits per heavy atom. The molecule has 3 nitrogen and oxygen atoms in total. The first-order valence-electron chi connectivity index (χ1n) is 5.85. The summed E-state index contributed by atoms with van der Waals surface area (Å²) in [4.78, 5) is 11.2. The van der Waals surface area contributed by atoms with Crippen molar-refractivity contribution in [3.05, 3.63) is 29.8 Å². The lowest BCUT2D eigenvalue weighted by Gasteiger charge is -2.19. The van der Waals surface area contributed by atoms with Crippen molar-refractivity contribution in [1.82, 2.24) is 0 Å². The van der Waals surface area contributed by atoms with E-state index in [1.54, 1.807) is 0 Å². The molecular formula is C15H19NO2. The molecule has 18 heavy (non-hydrogen) atoms. The van der Waals surface area contributed by atoms with Crippen LogP contribution in [0.25, 0.3) is 0 Å². The van der Waals surface area contributed by atoms with Crippen molar-refractivity contribution in [3.63, 3.8) is 0 Å². The second-order valence-corrected chi connectivity index (χ2v) is 4.98. The molecule has 0 aliphatic rings. The molecule has 1 aromatic rings. The SMILES string of the molecule is COC(=O)CC(C)(C)CC#Cc1ccccc1N. The minimum atomic E-state index is -0.207. The molecule has 96 valence electrons. The zero-order valence-electron chi connectivity index (χ0n) is 11.1. The summed E-state index contributed by atoms with van der Waals surface area (Å²) in [6.45, 7) is 3.99. The molecule has 0 fully saturated rings. The summed E-state index contributed by atoms with van der Waals surface area (Å²) in [6.07, 6.45) is 0.985. The lowest BCUT2D eigenvalue weighted by atomic mass is 9.86. The standard InChI is InChI=1S/C15H19NO2/c1-15(2,11-14(17)18-3)10-6-8-12-7-4-5-9-13(12)16/h4-5,7,9H,10-11,16H2,1-3H3. The summed E-state index contributed by atoms with van der Waals surface area (Å²) in [5, 5.41) is 0. The maximum atomic E-state index is 11.2. The highest BCUT2D eigenvalue weighted by molar-refractivity contribution is 5.70. The fourth-order valence-electron chi connectivity index (χ4n) is 1.51. The summed E-state index contributed by atoms with van der Waals surface area (Å²) < 4.78 is 4.66. The molecule has 0 radical (unpaired) electrons. The van der Waals surface area contributed by atoms with E-state index in [4.69, 9.17) is 5.73 Å². The number of nitrogen functional groups attached to an aromatic ring is 1. The Bertz CT molecular complexity index is 481. The van der Waals surface area contributed by atoms with E-state index in [2.05, 4.69) is 16.6 Å². The summed E-state index contributed by atoms with van der Waals surface area (Å²) in [7, 11) is 1.40. The number of ether oxygens (including phenoxy) is 1. The van der Waals surface area contributed by atoms with Crippen molar-refractivity contribution in [2.24, 2.45) is 5.41 Å². The summed E-state index contributed by atoms with van der Waals surface area (Å²) in [5.74, 6) is 5.90. The van der Waals surface area contributed by atoms with E-state index in [0.717, 1.165) is 5.56 Å². The average Bonchev–Trinajstić information content (AvgIpc) is 2.30. The van der Waals surface area contributed by atoms with Crippen molar-refractivity contribution in [2.75, 3.05) is 12.8 Å². The zero-order valence-corrected chi connectivity index (χ0v) is 11.1. The largest absolute Gasteiger partial charge is 0.469 e. The summed E-state index contributed by atoms with van der Waals surface area (Å²) >= 11 is 0. The van der Waals surface area contributed by atoms with E-state index in [-0.39, 0.29) is 11.4 Å². The van der Waals surface area contributed by atoms with Crippen molar-refractivity contribution < 1.29 is 9.53 Å². The molecule has 0 bridgehead atoms. The maximum absolute atomic E-state index is 11.2. The van der Waals surface area contributed by atoms with Gasteiger partial charge in [0.2, 0.25) is 0 Å². The minimum absolute atomic E-state index is 0.191. The normalized spacial score (nSPS) is 10.4. The molecule has 0 saturated carbocycles. The van der Waals surface area contributed by atoms with Gasteiger partial charge in [-0.05, 0) is 17.5 Å². The van der Waals surface area contributed by atoms with Crippen LogP contribution in [0, 0.1) is 17.3 Å². The molecule has 0 amide bonds. The van der Waals surface area contributed by atoms with Crippen LogP contribution < -0.4 is 5.73 Å². The third kappa shape index (κ3) is 4.50. The molecule has 0 spiro atoms. The number of esters is 1. The van der Waals surface area contributed by atoms with Gasteiger partial charge in [0.25, 0.3) is 0 Å².